The lowest BCUT2D eigenvalue weighted by Gasteiger charge is -2.35. The maximum Gasteiger partial charge on any atom is 0.408 e. The molecule has 2 bridgehead atoms. The first kappa shape index (κ1) is 31.4. The number of rotatable bonds is 1. The van der Waals surface area contributed by atoms with E-state index in [1.807, 2.05) is 27.7 Å². The molecule has 2 amide bonds. The van der Waals surface area contributed by atoms with Gasteiger partial charge in [0, 0.05) is 28.7 Å². The third kappa shape index (κ3) is 6.30. The maximum atomic E-state index is 15.9. The lowest BCUT2D eigenvalue weighted by Crippen LogP contribution is -2.57. The predicted octanol–water partition coefficient (Wildman–Crippen LogP) is 6.66. The van der Waals surface area contributed by atoms with Gasteiger partial charge in [0.2, 0.25) is 11.8 Å². The first-order valence-electron chi connectivity index (χ1n) is 15.0. The van der Waals surface area contributed by atoms with E-state index in [2.05, 4.69) is 10.3 Å². The van der Waals surface area contributed by atoms with E-state index in [4.69, 9.17) is 21.1 Å². The fraction of sp³-hybridized carbons (Fsp3) is 0.625. The van der Waals surface area contributed by atoms with Gasteiger partial charge < -0.3 is 19.7 Å². The number of ether oxygens (including phenoxy) is 2. The van der Waals surface area contributed by atoms with E-state index in [0.29, 0.717) is 35.2 Å². The Kier molecular flexibility index (Phi) is 8.16. The number of carbonyl (C=O) groups excluding carboxylic acids is 3. The number of amides is 2. The second-order valence-corrected chi connectivity index (χ2v) is 14.2. The maximum absolute atomic E-state index is 15.9. The highest BCUT2D eigenvalue weighted by Gasteiger charge is 2.54. The molecule has 6 atom stereocenters. The Morgan fingerprint density at radius 1 is 1.19 bits per heavy atom. The van der Waals surface area contributed by atoms with Crippen LogP contribution < -0.4 is 10.1 Å². The van der Waals surface area contributed by atoms with Crippen LogP contribution in [-0.2, 0) is 20.2 Å². The summed E-state index contributed by atoms with van der Waals surface area (Å²) in [6, 6.07) is 4.36. The predicted molar refractivity (Wildman–Crippen MR) is 158 cm³/mol. The van der Waals surface area contributed by atoms with Crippen molar-refractivity contribution < 1.29 is 32.6 Å². The third-order valence-corrected chi connectivity index (χ3v) is 9.48. The molecular formula is C32H40ClF2N3O5. The summed E-state index contributed by atoms with van der Waals surface area (Å²) in [6.07, 6.45) is 0.104. The SMILES string of the molecule is CC(=O)[C@@H]1[C@H](C)[C@@H]2CN1C(=O)[C@H](C(C)(C)C)NC(=O)O[C@]1(C)C[C@H]1CCCCC(F)(F)c1cc3ccc(Cl)cc3nc1O2. The molecule has 2 fully saturated rings. The lowest BCUT2D eigenvalue weighted by atomic mass is 9.85. The minimum absolute atomic E-state index is 0.0443. The van der Waals surface area contributed by atoms with Gasteiger partial charge in [0.25, 0.3) is 5.92 Å². The van der Waals surface area contributed by atoms with E-state index in [1.54, 1.807) is 25.1 Å². The zero-order chi connectivity index (χ0) is 31.5. The van der Waals surface area contributed by atoms with Crippen molar-refractivity contribution in [2.45, 2.75) is 103 Å². The van der Waals surface area contributed by atoms with Gasteiger partial charge >= 0.3 is 6.09 Å². The molecule has 0 spiro atoms. The van der Waals surface area contributed by atoms with Gasteiger partial charge in [0.1, 0.15) is 17.7 Å². The van der Waals surface area contributed by atoms with Crippen molar-refractivity contribution in [3.8, 4) is 5.88 Å². The van der Waals surface area contributed by atoms with Crippen molar-refractivity contribution in [2.24, 2.45) is 17.3 Å². The molecule has 1 saturated heterocycles. The second kappa shape index (κ2) is 11.2. The summed E-state index contributed by atoms with van der Waals surface area (Å²) in [5.74, 6) is -4.73. The highest BCUT2D eigenvalue weighted by atomic mass is 35.5. The standard InChI is InChI=1S/C32H40ClF2N3O5/c1-17-24-16-38(25(17)18(2)39)28(40)26(30(3,4)5)37-29(41)43-31(6)15-20(31)9-7-8-12-32(34,35)22-13-19-10-11-21(33)14-23(19)36-27(22)42-24/h10-11,13-14,17,20,24-26H,7-9,12,15-16H2,1-6H3,(H,37,41)/t17-,20-,24+,25+,26-,31-/m1/s1. The van der Waals surface area contributed by atoms with Crippen LogP contribution in [0.5, 0.6) is 5.88 Å². The van der Waals surface area contributed by atoms with Gasteiger partial charge in [-0.1, -0.05) is 51.8 Å². The number of carbonyl (C=O) groups is 3. The Balaban J connectivity index is 1.58. The Morgan fingerprint density at radius 2 is 1.91 bits per heavy atom. The molecule has 1 aromatic carbocycles. The molecule has 11 heteroatoms. The van der Waals surface area contributed by atoms with E-state index >= 15 is 8.78 Å². The van der Waals surface area contributed by atoms with Crippen molar-refractivity contribution in [1.82, 2.24) is 15.2 Å². The number of nitrogens with one attached hydrogen (secondary N) is 1. The quantitative estimate of drug-likeness (QED) is 0.384. The highest BCUT2D eigenvalue weighted by molar-refractivity contribution is 6.31. The Labute approximate surface area is 255 Å². The Hall–Kier alpha value is -3.01. The Morgan fingerprint density at radius 3 is 2.58 bits per heavy atom. The molecule has 1 aromatic heterocycles. The summed E-state index contributed by atoms with van der Waals surface area (Å²) in [5, 5.41) is 3.68. The van der Waals surface area contributed by atoms with E-state index in [1.165, 1.54) is 17.9 Å². The van der Waals surface area contributed by atoms with Crippen LogP contribution in [0.3, 0.4) is 0 Å². The van der Waals surface area contributed by atoms with Gasteiger partial charge in [-0.15, -0.1) is 0 Å². The number of ketones is 1. The number of aromatic nitrogens is 1. The number of benzene rings is 1. The van der Waals surface area contributed by atoms with Gasteiger partial charge in [-0.05, 0) is 56.7 Å². The fourth-order valence-corrected chi connectivity index (χ4v) is 6.72. The fourth-order valence-electron chi connectivity index (χ4n) is 6.55. The molecule has 2 aliphatic heterocycles. The molecule has 3 aliphatic rings. The molecule has 0 unspecified atom stereocenters. The van der Waals surface area contributed by atoms with Crippen molar-refractivity contribution in [3.63, 3.8) is 0 Å². The smallest absolute Gasteiger partial charge is 0.408 e. The summed E-state index contributed by atoms with van der Waals surface area (Å²) in [7, 11) is 0. The van der Waals surface area contributed by atoms with Crippen LogP contribution in [0.25, 0.3) is 10.9 Å². The van der Waals surface area contributed by atoms with E-state index in [-0.39, 0.29) is 36.1 Å². The first-order valence-corrected chi connectivity index (χ1v) is 15.3. The second-order valence-electron chi connectivity index (χ2n) is 13.7. The molecule has 1 aliphatic carbocycles. The van der Waals surface area contributed by atoms with E-state index in [9.17, 15) is 14.4 Å². The van der Waals surface area contributed by atoms with Crippen LogP contribution in [0.4, 0.5) is 13.6 Å². The van der Waals surface area contributed by atoms with Gasteiger partial charge in [0.15, 0.2) is 5.78 Å². The number of alkyl carbamates (subject to hydrolysis) is 1. The number of fused-ring (bicyclic) bond motifs is 5. The Bertz CT molecular complexity index is 1450. The summed E-state index contributed by atoms with van der Waals surface area (Å²) >= 11 is 6.18. The molecule has 0 radical (unpaired) electrons. The summed E-state index contributed by atoms with van der Waals surface area (Å²) in [4.78, 5) is 45.9. The molecule has 234 valence electrons. The first-order chi connectivity index (χ1) is 20.0. The van der Waals surface area contributed by atoms with Crippen molar-refractivity contribution >= 4 is 40.3 Å². The van der Waals surface area contributed by atoms with E-state index < -0.39 is 59.5 Å². The number of pyridine rings is 1. The minimum Gasteiger partial charge on any atom is -0.472 e. The number of halogens is 3. The van der Waals surface area contributed by atoms with Crippen molar-refractivity contribution in [3.05, 3.63) is 34.9 Å². The molecule has 1 N–H and O–H groups in total. The number of hydrogen-bond donors (Lipinski definition) is 1. The van der Waals surface area contributed by atoms with E-state index in [0.717, 1.165) is 0 Å². The topological polar surface area (TPSA) is 97.8 Å². The monoisotopic (exact) mass is 619 g/mol. The minimum atomic E-state index is -3.25. The molecule has 8 nitrogen and oxygen atoms in total. The molecule has 43 heavy (non-hydrogen) atoms. The van der Waals surface area contributed by atoms with Gasteiger partial charge in [-0.3, -0.25) is 9.59 Å². The van der Waals surface area contributed by atoms with Crippen LogP contribution in [0.15, 0.2) is 24.3 Å². The summed E-state index contributed by atoms with van der Waals surface area (Å²) < 4.78 is 43.8. The van der Waals surface area contributed by atoms with Gasteiger partial charge in [-0.2, -0.15) is 0 Å². The van der Waals surface area contributed by atoms with Crippen LogP contribution in [0.1, 0.15) is 79.2 Å². The average Bonchev–Trinajstić information content (AvgIpc) is 3.41. The number of alkyl halides is 2. The van der Waals surface area contributed by atoms with Crippen LogP contribution >= 0.6 is 11.6 Å². The van der Waals surface area contributed by atoms with Crippen LogP contribution in [0.2, 0.25) is 5.02 Å². The van der Waals surface area contributed by atoms with Gasteiger partial charge in [-0.25, -0.2) is 18.6 Å². The molecular weight excluding hydrogens is 580 g/mol. The molecule has 2 aromatic rings. The lowest BCUT2D eigenvalue weighted by molar-refractivity contribution is -0.141. The zero-order valence-corrected chi connectivity index (χ0v) is 26.3. The van der Waals surface area contributed by atoms with Crippen LogP contribution in [0, 0.1) is 17.3 Å². The van der Waals surface area contributed by atoms with Crippen LogP contribution in [-0.4, -0.2) is 58.0 Å². The molecule has 5 rings (SSSR count). The summed E-state index contributed by atoms with van der Waals surface area (Å²) in [5.41, 5.74) is -1.38. The van der Waals surface area contributed by atoms with Crippen molar-refractivity contribution in [2.75, 3.05) is 6.54 Å². The zero-order valence-electron chi connectivity index (χ0n) is 25.5. The molecule has 3 heterocycles. The summed E-state index contributed by atoms with van der Waals surface area (Å²) in [6.45, 7) is 10.4. The average molecular weight is 620 g/mol. The largest absolute Gasteiger partial charge is 0.472 e. The third-order valence-electron chi connectivity index (χ3n) is 9.25. The molecule has 1 saturated carbocycles. The van der Waals surface area contributed by atoms with Crippen molar-refractivity contribution in [1.29, 1.82) is 0 Å². The number of hydrogen-bond acceptors (Lipinski definition) is 6. The normalized spacial score (nSPS) is 31.6. The highest BCUT2D eigenvalue weighted by Crippen LogP contribution is 2.50. The van der Waals surface area contributed by atoms with Gasteiger partial charge in [0.05, 0.1) is 23.7 Å². The number of nitrogens with zero attached hydrogens (tertiary/aromatic N) is 2. The number of Topliss-reactive ketones (excluding diaryl/α,β-unsaturated/α-hetero) is 1.